The first-order valence-electron chi connectivity index (χ1n) is 9.90. The van der Waals surface area contributed by atoms with E-state index in [1.165, 1.54) is 49.5 Å². The number of halogens is 3. The highest BCUT2D eigenvalue weighted by molar-refractivity contribution is 7.80. The summed E-state index contributed by atoms with van der Waals surface area (Å²) in [6.07, 6.45) is -4.42. The number of anilines is 1. The molecule has 0 radical (unpaired) electrons. The van der Waals surface area contributed by atoms with Gasteiger partial charge in [-0.15, -0.1) is 0 Å². The van der Waals surface area contributed by atoms with E-state index in [0.717, 1.165) is 6.07 Å². The minimum absolute atomic E-state index is 0.00162. The third-order valence-electron chi connectivity index (χ3n) is 5.20. The number of nitrogens with zero attached hydrogens (tertiary/aromatic N) is 1. The van der Waals surface area contributed by atoms with Crippen LogP contribution in [0.25, 0.3) is 0 Å². The standard InChI is InChI=1S/C23H21F3N2O4S/c1-4-16-18(21(30)32-3)19(13-9-11-14(12-10-13)20(29)31-2)27-22(33)28(16)17-8-6-5-7-15(17)23(24,25)26/h5-12,19H,4H2,1-3H3,(H,27,33). The fraction of sp³-hybridized carbons (Fsp3) is 0.261. The summed E-state index contributed by atoms with van der Waals surface area (Å²) in [6.45, 7) is 1.72. The summed E-state index contributed by atoms with van der Waals surface area (Å²) >= 11 is 5.46. The van der Waals surface area contributed by atoms with E-state index in [1.54, 1.807) is 19.1 Å². The molecule has 0 spiro atoms. The number of alkyl halides is 3. The van der Waals surface area contributed by atoms with Crippen LogP contribution in [0, 0.1) is 0 Å². The molecule has 0 saturated carbocycles. The second-order valence-corrected chi connectivity index (χ2v) is 7.44. The molecule has 1 unspecified atom stereocenters. The summed E-state index contributed by atoms with van der Waals surface area (Å²) in [7, 11) is 2.46. The molecule has 1 aliphatic rings. The number of hydrogen-bond acceptors (Lipinski definition) is 5. The van der Waals surface area contributed by atoms with Gasteiger partial charge in [-0.1, -0.05) is 31.2 Å². The van der Waals surface area contributed by atoms with Crippen LogP contribution in [0.4, 0.5) is 18.9 Å². The van der Waals surface area contributed by atoms with Gasteiger partial charge in [0.1, 0.15) is 0 Å². The molecule has 2 aromatic rings. The highest BCUT2D eigenvalue weighted by Crippen LogP contribution is 2.41. The Bertz CT molecular complexity index is 1110. The quantitative estimate of drug-likeness (QED) is 0.491. The summed E-state index contributed by atoms with van der Waals surface area (Å²) < 4.78 is 50.8. The minimum Gasteiger partial charge on any atom is -0.466 e. The third-order valence-corrected chi connectivity index (χ3v) is 5.50. The summed E-state index contributed by atoms with van der Waals surface area (Å²) in [6, 6.07) is 10.5. The van der Waals surface area contributed by atoms with Gasteiger partial charge in [-0.3, -0.25) is 4.90 Å². The van der Waals surface area contributed by atoms with Crippen molar-refractivity contribution in [2.45, 2.75) is 25.6 Å². The van der Waals surface area contributed by atoms with Crippen LogP contribution in [0.1, 0.15) is 40.9 Å². The number of ether oxygens (including phenoxy) is 2. The van der Waals surface area contributed by atoms with Gasteiger partial charge in [-0.25, -0.2) is 9.59 Å². The number of nitrogens with one attached hydrogen (secondary N) is 1. The predicted molar refractivity (Wildman–Crippen MR) is 120 cm³/mol. The smallest absolute Gasteiger partial charge is 0.418 e. The lowest BCUT2D eigenvalue weighted by atomic mass is 9.92. The van der Waals surface area contributed by atoms with Crippen LogP contribution in [0.5, 0.6) is 0 Å². The Morgan fingerprint density at radius 2 is 1.64 bits per heavy atom. The van der Waals surface area contributed by atoms with E-state index in [0.29, 0.717) is 11.1 Å². The first-order valence-corrected chi connectivity index (χ1v) is 10.3. The number of esters is 2. The number of carbonyl (C=O) groups excluding carboxylic acids is 2. The van der Waals surface area contributed by atoms with Gasteiger partial charge >= 0.3 is 18.1 Å². The number of para-hydroxylation sites is 1. The predicted octanol–water partition coefficient (Wildman–Crippen LogP) is 4.76. The maximum atomic E-state index is 13.7. The molecule has 0 fully saturated rings. The Morgan fingerprint density at radius 1 is 1.03 bits per heavy atom. The molecule has 174 valence electrons. The normalized spacial score (nSPS) is 16.4. The van der Waals surface area contributed by atoms with Crippen LogP contribution >= 0.6 is 12.2 Å². The molecule has 1 aliphatic heterocycles. The molecule has 6 nitrogen and oxygen atoms in total. The summed E-state index contributed by atoms with van der Waals surface area (Å²) in [4.78, 5) is 25.8. The van der Waals surface area contributed by atoms with Gasteiger partial charge in [0.2, 0.25) is 0 Å². The van der Waals surface area contributed by atoms with Crippen molar-refractivity contribution >= 4 is 35.0 Å². The fourth-order valence-electron chi connectivity index (χ4n) is 3.71. The third kappa shape index (κ3) is 4.70. The Balaban J connectivity index is 2.19. The van der Waals surface area contributed by atoms with Crippen molar-refractivity contribution in [1.82, 2.24) is 5.32 Å². The van der Waals surface area contributed by atoms with Gasteiger partial charge in [0, 0.05) is 5.70 Å². The molecule has 0 bridgehead atoms. The molecular formula is C23H21F3N2O4S. The molecule has 0 amide bonds. The van der Waals surface area contributed by atoms with Gasteiger partial charge in [0.05, 0.1) is 42.6 Å². The van der Waals surface area contributed by atoms with Crippen molar-refractivity contribution < 1.29 is 32.2 Å². The number of thiocarbonyl (C=S) groups is 1. The zero-order valence-corrected chi connectivity index (χ0v) is 18.8. The molecule has 0 saturated heterocycles. The maximum absolute atomic E-state index is 13.7. The molecule has 1 N–H and O–H groups in total. The Labute approximate surface area is 194 Å². The number of benzene rings is 2. The zero-order valence-electron chi connectivity index (χ0n) is 18.0. The van der Waals surface area contributed by atoms with Crippen LogP contribution in [-0.4, -0.2) is 31.3 Å². The summed E-state index contributed by atoms with van der Waals surface area (Å²) in [5, 5.41) is 2.97. The average Bonchev–Trinajstić information content (AvgIpc) is 2.81. The van der Waals surface area contributed by atoms with Crippen LogP contribution in [0.2, 0.25) is 0 Å². The van der Waals surface area contributed by atoms with Gasteiger partial charge < -0.3 is 14.8 Å². The van der Waals surface area contributed by atoms with Crippen molar-refractivity contribution in [1.29, 1.82) is 0 Å². The van der Waals surface area contributed by atoms with Gasteiger partial charge in [0.15, 0.2) is 5.11 Å². The lowest BCUT2D eigenvalue weighted by Crippen LogP contribution is -2.49. The topological polar surface area (TPSA) is 67.9 Å². The van der Waals surface area contributed by atoms with Crippen LogP contribution in [0.15, 0.2) is 59.8 Å². The molecule has 0 aromatic heterocycles. The van der Waals surface area contributed by atoms with Gasteiger partial charge in [0.25, 0.3) is 0 Å². The molecule has 1 heterocycles. The van der Waals surface area contributed by atoms with Gasteiger partial charge in [-0.2, -0.15) is 13.2 Å². The summed E-state index contributed by atoms with van der Waals surface area (Å²) in [5.41, 5.74) is 0.200. The highest BCUT2D eigenvalue weighted by atomic mass is 32.1. The number of methoxy groups -OCH3 is 2. The molecule has 3 rings (SSSR count). The largest absolute Gasteiger partial charge is 0.466 e. The molecule has 0 aliphatic carbocycles. The van der Waals surface area contributed by atoms with Crippen molar-refractivity contribution in [3.05, 3.63) is 76.5 Å². The number of hydrogen-bond donors (Lipinski definition) is 1. The van der Waals surface area contributed by atoms with Crippen molar-refractivity contribution in [3.63, 3.8) is 0 Å². The lowest BCUT2D eigenvalue weighted by molar-refractivity contribution is -0.137. The van der Waals surface area contributed by atoms with Gasteiger partial charge in [-0.05, 0) is 48.5 Å². The van der Waals surface area contributed by atoms with Crippen LogP contribution < -0.4 is 10.2 Å². The number of allylic oxidation sites excluding steroid dienone is 1. The lowest BCUT2D eigenvalue weighted by Gasteiger charge is -2.39. The van der Waals surface area contributed by atoms with Crippen molar-refractivity contribution in [2.24, 2.45) is 0 Å². The minimum atomic E-state index is -4.63. The molecule has 33 heavy (non-hydrogen) atoms. The van der Waals surface area contributed by atoms with Crippen LogP contribution in [-0.2, 0) is 20.4 Å². The molecule has 1 atom stereocenters. The molecule has 10 heteroatoms. The van der Waals surface area contributed by atoms with Crippen molar-refractivity contribution in [2.75, 3.05) is 19.1 Å². The van der Waals surface area contributed by atoms with Crippen molar-refractivity contribution in [3.8, 4) is 0 Å². The molecular weight excluding hydrogens is 457 g/mol. The Kier molecular flexibility index (Phi) is 7.06. The summed E-state index contributed by atoms with van der Waals surface area (Å²) in [5.74, 6) is -1.24. The second kappa shape index (κ2) is 9.62. The second-order valence-electron chi connectivity index (χ2n) is 7.05. The van der Waals surface area contributed by atoms with E-state index in [4.69, 9.17) is 21.7 Å². The van der Waals surface area contributed by atoms with E-state index >= 15 is 0 Å². The number of rotatable bonds is 5. The zero-order chi connectivity index (χ0) is 24.3. The van der Waals surface area contributed by atoms with E-state index in [2.05, 4.69) is 5.32 Å². The number of carbonyl (C=O) groups is 2. The Hall–Kier alpha value is -3.40. The van der Waals surface area contributed by atoms with E-state index in [1.807, 2.05) is 0 Å². The van der Waals surface area contributed by atoms with E-state index < -0.39 is 29.7 Å². The fourth-order valence-corrected chi connectivity index (χ4v) is 4.03. The molecule has 2 aromatic carbocycles. The van der Waals surface area contributed by atoms with Crippen LogP contribution in [0.3, 0.4) is 0 Å². The highest BCUT2D eigenvalue weighted by Gasteiger charge is 2.40. The SMILES string of the molecule is CCC1=C(C(=O)OC)C(c2ccc(C(=O)OC)cc2)NC(=S)N1c1ccccc1C(F)(F)F. The monoisotopic (exact) mass is 478 g/mol. The van der Waals surface area contributed by atoms with E-state index in [9.17, 15) is 22.8 Å². The van der Waals surface area contributed by atoms with E-state index in [-0.39, 0.29) is 28.5 Å². The first-order chi connectivity index (χ1) is 15.6. The Morgan fingerprint density at radius 3 is 2.18 bits per heavy atom. The average molecular weight is 478 g/mol. The first kappa shape index (κ1) is 24.2. The maximum Gasteiger partial charge on any atom is 0.418 e.